The van der Waals surface area contributed by atoms with Crippen molar-refractivity contribution in [3.8, 4) is 11.1 Å². The van der Waals surface area contributed by atoms with Crippen LogP contribution in [0.2, 0.25) is 0 Å². The summed E-state index contributed by atoms with van der Waals surface area (Å²) < 4.78 is 19.0. The van der Waals surface area contributed by atoms with Gasteiger partial charge < -0.3 is 4.74 Å². The first-order valence-corrected chi connectivity index (χ1v) is 6.92. The van der Waals surface area contributed by atoms with Crippen molar-refractivity contribution in [1.29, 1.82) is 0 Å². The van der Waals surface area contributed by atoms with E-state index in [0.717, 1.165) is 0 Å². The SMILES string of the molecule is COC(=O)[C@@H](C)c1ccc(-c2ccc(C(C)=O)cc2)c(F)c1. The van der Waals surface area contributed by atoms with Crippen molar-refractivity contribution in [3.63, 3.8) is 0 Å². The lowest BCUT2D eigenvalue weighted by Crippen LogP contribution is -2.11. The van der Waals surface area contributed by atoms with Crippen LogP contribution in [-0.2, 0) is 9.53 Å². The number of benzene rings is 2. The zero-order valence-corrected chi connectivity index (χ0v) is 12.7. The van der Waals surface area contributed by atoms with Gasteiger partial charge in [-0.15, -0.1) is 0 Å². The number of halogens is 1. The predicted molar refractivity (Wildman–Crippen MR) is 82.3 cm³/mol. The molecule has 2 aromatic rings. The highest BCUT2D eigenvalue weighted by molar-refractivity contribution is 5.94. The third kappa shape index (κ3) is 3.22. The number of hydrogen-bond acceptors (Lipinski definition) is 3. The Balaban J connectivity index is 2.33. The molecule has 22 heavy (non-hydrogen) atoms. The summed E-state index contributed by atoms with van der Waals surface area (Å²) in [5.41, 5.74) is 2.25. The van der Waals surface area contributed by atoms with E-state index in [9.17, 15) is 14.0 Å². The molecule has 0 saturated carbocycles. The molecule has 0 aromatic heterocycles. The van der Waals surface area contributed by atoms with Gasteiger partial charge in [0.15, 0.2) is 5.78 Å². The lowest BCUT2D eigenvalue weighted by molar-refractivity contribution is -0.141. The van der Waals surface area contributed by atoms with Crippen molar-refractivity contribution in [3.05, 3.63) is 59.4 Å². The fraction of sp³-hybridized carbons (Fsp3) is 0.222. The second-order valence-electron chi connectivity index (χ2n) is 5.12. The van der Waals surface area contributed by atoms with E-state index < -0.39 is 17.7 Å². The van der Waals surface area contributed by atoms with E-state index in [2.05, 4.69) is 4.74 Å². The van der Waals surface area contributed by atoms with Crippen molar-refractivity contribution in [2.24, 2.45) is 0 Å². The van der Waals surface area contributed by atoms with Crippen LogP contribution in [0.5, 0.6) is 0 Å². The largest absolute Gasteiger partial charge is 0.469 e. The summed E-state index contributed by atoms with van der Waals surface area (Å²) in [6.07, 6.45) is 0. The standard InChI is InChI=1S/C18H17FO3/c1-11(18(21)22-3)15-8-9-16(17(19)10-15)14-6-4-13(5-7-14)12(2)20/h4-11H,1-3H3/t11-/m0/s1. The van der Waals surface area contributed by atoms with Gasteiger partial charge in [0.05, 0.1) is 13.0 Å². The minimum Gasteiger partial charge on any atom is -0.469 e. The van der Waals surface area contributed by atoms with Gasteiger partial charge in [-0.2, -0.15) is 0 Å². The third-order valence-corrected chi connectivity index (χ3v) is 3.65. The third-order valence-electron chi connectivity index (χ3n) is 3.65. The zero-order chi connectivity index (χ0) is 16.3. The average molecular weight is 300 g/mol. The van der Waals surface area contributed by atoms with Crippen LogP contribution in [0.1, 0.15) is 35.7 Å². The Morgan fingerprint density at radius 2 is 1.73 bits per heavy atom. The Morgan fingerprint density at radius 1 is 1.09 bits per heavy atom. The molecule has 4 heteroatoms. The minimum absolute atomic E-state index is 0.0331. The molecule has 0 spiro atoms. The smallest absolute Gasteiger partial charge is 0.312 e. The number of methoxy groups -OCH3 is 1. The van der Waals surface area contributed by atoms with Gasteiger partial charge in [0, 0.05) is 11.1 Å². The molecule has 3 nitrogen and oxygen atoms in total. The molecule has 0 saturated heterocycles. The second kappa shape index (κ2) is 6.52. The Bertz CT molecular complexity index is 705. The molecule has 0 bridgehead atoms. The molecule has 0 unspecified atom stereocenters. The quantitative estimate of drug-likeness (QED) is 0.634. The Labute approximate surface area is 128 Å². The fourth-order valence-corrected chi connectivity index (χ4v) is 2.23. The van der Waals surface area contributed by atoms with Crippen molar-refractivity contribution in [1.82, 2.24) is 0 Å². The number of hydrogen-bond donors (Lipinski definition) is 0. The molecule has 2 aromatic carbocycles. The van der Waals surface area contributed by atoms with E-state index >= 15 is 0 Å². The molecular formula is C18H17FO3. The van der Waals surface area contributed by atoms with Gasteiger partial charge >= 0.3 is 5.97 Å². The first kappa shape index (κ1) is 15.9. The van der Waals surface area contributed by atoms with Crippen LogP contribution in [-0.4, -0.2) is 18.9 Å². The molecular weight excluding hydrogens is 283 g/mol. The molecule has 0 aliphatic rings. The topological polar surface area (TPSA) is 43.4 Å². The van der Waals surface area contributed by atoms with E-state index in [1.54, 1.807) is 43.3 Å². The number of ether oxygens (including phenoxy) is 1. The maximum absolute atomic E-state index is 14.3. The monoisotopic (exact) mass is 300 g/mol. The highest BCUT2D eigenvalue weighted by atomic mass is 19.1. The van der Waals surface area contributed by atoms with E-state index in [0.29, 0.717) is 22.3 Å². The highest BCUT2D eigenvalue weighted by Crippen LogP contribution is 2.27. The van der Waals surface area contributed by atoms with Crippen molar-refractivity contribution in [2.45, 2.75) is 19.8 Å². The molecule has 1 atom stereocenters. The molecule has 0 radical (unpaired) electrons. The van der Waals surface area contributed by atoms with Gasteiger partial charge in [0.25, 0.3) is 0 Å². The number of ketones is 1. The van der Waals surface area contributed by atoms with Crippen LogP contribution in [0.25, 0.3) is 11.1 Å². The average Bonchev–Trinajstić information content (AvgIpc) is 2.53. The molecule has 0 fully saturated rings. The number of carbonyl (C=O) groups excluding carboxylic acids is 2. The summed E-state index contributed by atoms with van der Waals surface area (Å²) in [6.45, 7) is 3.15. The van der Waals surface area contributed by atoms with Gasteiger partial charge in [-0.1, -0.05) is 36.4 Å². The molecule has 0 N–H and O–H groups in total. The summed E-state index contributed by atoms with van der Waals surface area (Å²) in [6, 6.07) is 11.4. The van der Waals surface area contributed by atoms with Crippen molar-refractivity contribution < 1.29 is 18.7 Å². The van der Waals surface area contributed by atoms with E-state index in [1.165, 1.54) is 20.1 Å². The number of rotatable bonds is 4. The van der Waals surface area contributed by atoms with Crippen LogP contribution in [0.3, 0.4) is 0 Å². The highest BCUT2D eigenvalue weighted by Gasteiger charge is 2.17. The Kier molecular flexibility index (Phi) is 4.71. The van der Waals surface area contributed by atoms with Gasteiger partial charge in [0.2, 0.25) is 0 Å². The first-order chi connectivity index (χ1) is 10.4. The van der Waals surface area contributed by atoms with Crippen LogP contribution in [0, 0.1) is 5.82 Å². The van der Waals surface area contributed by atoms with Crippen LogP contribution in [0.15, 0.2) is 42.5 Å². The first-order valence-electron chi connectivity index (χ1n) is 6.92. The van der Waals surface area contributed by atoms with Gasteiger partial charge in [-0.25, -0.2) is 4.39 Å². The van der Waals surface area contributed by atoms with Crippen LogP contribution >= 0.6 is 0 Å². The van der Waals surface area contributed by atoms with Crippen molar-refractivity contribution >= 4 is 11.8 Å². The van der Waals surface area contributed by atoms with Gasteiger partial charge in [-0.05, 0) is 31.0 Å². The summed E-state index contributed by atoms with van der Waals surface area (Å²) in [5, 5.41) is 0. The Morgan fingerprint density at radius 3 is 2.23 bits per heavy atom. The lowest BCUT2D eigenvalue weighted by atomic mass is 9.96. The van der Waals surface area contributed by atoms with Crippen molar-refractivity contribution in [2.75, 3.05) is 7.11 Å². The predicted octanol–water partition coefficient (Wildman–Crippen LogP) is 3.97. The van der Waals surface area contributed by atoms with Gasteiger partial charge in [-0.3, -0.25) is 9.59 Å². The number of carbonyl (C=O) groups is 2. The van der Waals surface area contributed by atoms with E-state index in [4.69, 9.17) is 0 Å². The molecule has 0 aliphatic carbocycles. The van der Waals surface area contributed by atoms with Crippen LogP contribution in [0.4, 0.5) is 4.39 Å². The van der Waals surface area contributed by atoms with Gasteiger partial charge in [0.1, 0.15) is 5.82 Å². The summed E-state index contributed by atoms with van der Waals surface area (Å²) >= 11 is 0. The molecule has 114 valence electrons. The molecule has 0 amide bonds. The summed E-state index contributed by atoms with van der Waals surface area (Å²) in [5.74, 6) is -1.37. The molecule has 2 rings (SSSR count). The second-order valence-corrected chi connectivity index (χ2v) is 5.12. The summed E-state index contributed by atoms with van der Waals surface area (Å²) in [4.78, 5) is 22.8. The lowest BCUT2D eigenvalue weighted by Gasteiger charge is -2.11. The molecule has 0 heterocycles. The molecule has 0 aliphatic heterocycles. The van der Waals surface area contributed by atoms with Crippen LogP contribution < -0.4 is 0 Å². The number of Topliss-reactive ketones (excluding diaryl/α,β-unsaturated/α-hetero) is 1. The number of esters is 1. The maximum Gasteiger partial charge on any atom is 0.312 e. The normalized spacial score (nSPS) is 11.8. The maximum atomic E-state index is 14.3. The minimum atomic E-state index is -0.520. The van der Waals surface area contributed by atoms with E-state index in [1.807, 2.05) is 0 Å². The summed E-state index contributed by atoms with van der Waals surface area (Å²) in [7, 11) is 1.31. The fourth-order valence-electron chi connectivity index (χ4n) is 2.23. The van der Waals surface area contributed by atoms with E-state index in [-0.39, 0.29) is 5.78 Å². The zero-order valence-electron chi connectivity index (χ0n) is 12.7. The Hall–Kier alpha value is -2.49.